The molecule has 1 aliphatic rings. The molecule has 0 aliphatic carbocycles. The van der Waals surface area contributed by atoms with Crippen molar-refractivity contribution in [2.75, 3.05) is 26.2 Å². The van der Waals surface area contributed by atoms with E-state index in [0.29, 0.717) is 5.02 Å². The van der Waals surface area contributed by atoms with Crippen LogP contribution in [0, 0.1) is 22.6 Å². The molecule has 1 saturated heterocycles. The summed E-state index contributed by atoms with van der Waals surface area (Å²) < 4.78 is 46.4. The van der Waals surface area contributed by atoms with E-state index in [1.807, 2.05) is 0 Å². The molecule has 0 atom stereocenters. The molecule has 2 N–H and O–H groups in total. The molecule has 10 heteroatoms. The Morgan fingerprint density at radius 3 is 2.61 bits per heavy atom. The van der Waals surface area contributed by atoms with Crippen molar-refractivity contribution < 1.29 is 17.5 Å². The molecule has 2 aromatic rings. The van der Waals surface area contributed by atoms with Crippen LogP contribution in [0.1, 0.15) is 5.56 Å². The number of halogens is 3. The molecule has 1 aliphatic heterocycles. The average Bonchev–Trinajstić information content (AvgIpc) is 2.61. The summed E-state index contributed by atoms with van der Waals surface area (Å²) in [7, 11) is -3.82. The second kappa shape index (κ2) is 7.85. The van der Waals surface area contributed by atoms with Crippen LogP contribution in [0.4, 0.5) is 4.39 Å². The molecule has 1 fully saturated rings. The fourth-order valence-corrected chi connectivity index (χ4v) is 5.33. The van der Waals surface area contributed by atoms with E-state index in [1.165, 1.54) is 40.7 Å². The summed E-state index contributed by atoms with van der Waals surface area (Å²) in [5.74, 6) is -0.831. The number of ether oxygens (including phenoxy) is 1. The van der Waals surface area contributed by atoms with Crippen molar-refractivity contribution in [1.29, 1.82) is 5.26 Å². The van der Waals surface area contributed by atoms with E-state index in [-0.39, 0.29) is 47.5 Å². The first-order chi connectivity index (χ1) is 13.2. The molecule has 0 aromatic heterocycles. The Morgan fingerprint density at radius 1 is 1.29 bits per heavy atom. The fourth-order valence-electron chi connectivity index (χ4n) is 2.91. The van der Waals surface area contributed by atoms with Gasteiger partial charge in [0, 0.05) is 30.1 Å². The van der Waals surface area contributed by atoms with Crippen molar-refractivity contribution in [2.45, 2.75) is 4.90 Å². The Kier molecular flexibility index (Phi) is 5.84. The summed E-state index contributed by atoms with van der Waals surface area (Å²) in [4.78, 5) is -0.0436. The highest BCUT2D eigenvalue weighted by Crippen LogP contribution is 2.37. The van der Waals surface area contributed by atoms with Crippen molar-refractivity contribution in [3.05, 3.63) is 57.8 Å². The summed E-state index contributed by atoms with van der Waals surface area (Å²) in [6.07, 6.45) is 0. The molecule has 0 bridgehead atoms. The molecule has 6 nitrogen and oxygen atoms in total. The number of rotatable bonds is 6. The van der Waals surface area contributed by atoms with Gasteiger partial charge in [0.25, 0.3) is 0 Å². The molecule has 1 heterocycles. The van der Waals surface area contributed by atoms with Gasteiger partial charge in [0.1, 0.15) is 11.0 Å². The van der Waals surface area contributed by atoms with Gasteiger partial charge in [-0.25, -0.2) is 12.8 Å². The Bertz CT molecular complexity index is 1050. The van der Waals surface area contributed by atoms with Crippen LogP contribution < -0.4 is 10.5 Å². The molecular formula is C18H16Cl2FN3O3S. The van der Waals surface area contributed by atoms with Crippen molar-refractivity contribution in [3.8, 4) is 11.8 Å². The highest BCUT2D eigenvalue weighted by atomic mass is 35.5. The SMILES string of the molecule is N#Cc1cccc(OCC2(CN)CN(S(=O)(=O)c3ccc(Cl)cc3Cl)C2)c1F. The van der Waals surface area contributed by atoms with Crippen molar-refractivity contribution in [3.63, 3.8) is 0 Å². The Balaban J connectivity index is 1.73. The predicted octanol–water partition coefficient (Wildman–Crippen LogP) is 3.03. The smallest absolute Gasteiger partial charge is 0.244 e. The van der Waals surface area contributed by atoms with Gasteiger partial charge in [0.15, 0.2) is 11.6 Å². The van der Waals surface area contributed by atoms with Gasteiger partial charge in [-0.1, -0.05) is 29.3 Å². The minimum atomic E-state index is -3.82. The second-order valence-corrected chi connectivity index (χ2v) is 9.32. The molecule has 148 valence electrons. The van der Waals surface area contributed by atoms with Crippen LogP contribution >= 0.6 is 23.2 Å². The Morgan fingerprint density at radius 2 is 2.00 bits per heavy atom. The molecule has 0 saturated carbocycles. The van der Waals surface area contributed by atoms with Crippen LogP contribution in [0.3, 0.4) is 0 Å². The largest absolute Gasteiger partial charge is 0.490 e. The minimum absolute atomic E-state index is 0.00960. The summed E-state index contributed by atoms with van der Waals surface area (Å²) in [6.45, 7) is 0.358. The molecular weight excluding hydrogens is 428 g/mol. The van der Waals surface area contributed by atoms with Crippen molar-refractivity contribution in [1.82, 2.24) is 4.31 Å². The highest BCUT2D eigenvalue weighted by Gasteiger charge is 2.48. The molecule has 3 rings (SSSR count). The number of sulfonamides is 1. The zero-order valence-corrected chi connectivity index (χ0v) is 16.9. The molecule has 0 spiro atoms. The van der Waals surface area contributed by atoms with Crippen LogP contribution in [0.5, 0.6) is 5.75 Å². The maximum absolute atomic E-state index is 14.1. The van der Waals surface area contributed by atoms with E-state index in [4.69, 9.17) is 38.9 Å². The van der Waals surface area contributed by atoms with E-state index < -0.39 is 21.3 Å². The summed E-state index contributed by atoms with van der Waals surface area (Å²) in [6, 6.07) is 10.2. The van der Waals surface area contributed by atoms with Gasteiger partial charge in [0.2, 0.25) is 10.0 Å². The van der Waals surface area contributed by atoms with Gasteiger partial charge in [-0.2, -0.15) is 9.57 Å². The van der Waals surface area contributed by atoms with Crippen LogP contribution in [0.2, 0.25) is 10.0 Å². The Labute approximate surface area is 172 Å². The molecule has 2 aromatic carbocycles. The topological polar surface area (TPSA) is 96.4 Å². The van der Waals surface area contributed by atoms with E-state index in [9.17, 15) is 12.8 Å². The zero-order chi connectivity index (χ0) is 20.5. The number of hydrogen-bond donors (Lipinski definition) is 1. The summed E-state index contributed by atoms with van der Waals surface area (Å²) >= 11 is 11.8. The standard InChI is InChI=1S/C18H16Cl2FN3O3S/c19-13-4-5-16(14(20)6-13)28(25,26)24-9-18(8-23,10-24)11-27-15-3-1-2-12(7-22)17(15)21/h1-6H,8-11,23H2. The van der Waals surface area contributed by atoms with E-state index in [1.54, 1.807) is 6.07 Å². The highest BCUT2D eigenvalue weighted by molar-refractivity contribution is 7.89. The lowest BCUT2D eigenvalue weighted by Gasteiger charge is -2.48. The summed E-state index contributed by atoms with van der Waals surface area (Å²) in [5, 5.41) is 9.25. The van der Waals surface area contributed by atoms with Gasteiger partial charge >= 0.3 is 0 Å². The van der Waals surface area contributed by atoms with Crippen molar-refractivity contribution in [2.24, 2.45) is 11.1 Å². The third-order valence-corrected chi connectivity index (χ3v) is 7.10. The summed E-state index contributed by atoms with van der Waals surface area (Å²) in [5.41, 5.74) is 5.03. The third kappa shape index (κ3) is 3.81. The second-order valence-electron chi connectivity index (χ2n) is 6.57. The maximum Gasteiger partial charge on any atom is 0.244 e. The number of nitrogens with two attached hydrogens (primary N) is 1. The quantitative estimate of drug-likeness (QED) is 0.739. The average molecular weight is 444 g/mol. The first-order valence-corrected chi connectivity index (χ1v) is 10.4. The molecule has 0 unspecified atom stereocenters. The number of nitriles is 1. The number of benzene rings is 2. The van der Waals surface area contributed by atoms with Gasteiger partial charge in [-0.3, -0.25) is 0 Å². The van der Waals surface area contributed by atoms with Crippen LogP contribution in [-0.4, -0.2) is 39.0 Å². The lowest BCUT2D eigenvalue weighted by atomic mass is 9.83. The predicted molar refractivity (Wildman–Crippen MR) is 103 cm³/mol. The molecule has 28 heavy (non-hydrogen) atoms. The molecule has 0 radical (unpaired) electrons. The third-order valence-electron chi connectivity index (χ3n) is 4.59. The Hall–Kier alpha value is -1.89. The van der Waals surface area contributed by atoms with E-state index in [0.717, 1.165) is 0 Å². The normalized spacial score (nSPS) is 16.2. The lowest BCUT2D eigenvalue weighted by molar-refractivity contribution is 0.0256. The van der Waals surface area contributed by atoms with Gasteiger partial charge in [0.05, 0.1) is 17.2 Å². The minimum Gasteiger partial charge on any atom is -0.490 e. The van der Waals surface area contributed by atoms with E-state index >= 15 is 0 Å². The maximum atomic E-state index is 14.1. The van der Waals surface area contributed by atoms with Crippen LogP contribution in [0.25, 0.3) is 0 Å². The zero-order valence-electron chi connectivity index (χ0n) is 14.5. The van der Waals surface area contributed by atoms with Crippen LogP contribution in [0.15, 0.2) is 41.3 Å². The number of hydrogen-bond acceptors (Lipinski definition) is 5. The van der Waals surface area contributed by atoms with Crippen molar-refractivity contribution >= 4 is 33.2 Å². The van der Waals surface area contributed by atoms with E-state index in [2.05, 4.69) is 0 Å². The van der Waals surface area contributed by atoms with Gasteiger partial charge < -0.3 is 10.5 Å². The monoisotopic (exact) mass is 443 g/mol. The fraction of sp³-hybridized carbons (Fsp3) is 0.278. The van der Waals surface area contributed by atoms with Gasteiger partial charge in [-0.05, 0) is 30.3 Å². The molecule has 0 amide bonds. The number of nitrogens with zero attached hydrogens (tertiary/aromatic N) is 2. The first kappa shape index (κ1) is 20.8. The van der Waals surface area contributed by atoms with Gasteiger partial charge in [-0.15, -0.1) is 0 Å². The first-order valence-electron chi connectivity index (χ1n) is 8.19. The van der Waals surface area contributed by atoms with Crippen LogP contribution in [-0.2, 0) is 10.0 Å². The lowest BCUT2D eigenvalue weighted by Crippen LogP contribution is -2.63.